The molecule has 0 aliphatic rings. The smallest absolute Gasteiger partial charge is 0.320 e. The van der Waals surface area contributed by atoms with Crippen molar-refractivity contribution in [3.05, 3.63) is 0 Å². The molecule has 0 saturated heterocycles. The summed E-state index contributed by atoms with van der Waals surface area (Å²) in [6.45, 7) is 17.0. The van der Waals surface area contributed by atoms with Gasteiger partial charge in [0.05, 0.1) is 0 Å². The van der Waals surface area contributed by atoms with E-state index in [1.54, 1.807) is 14.2 Å². The van der Waals surface area contributed by atoms with Crippen LogP contribution in [0.5, 0.6) is 0 Å². The standard InChI is InChI=1S/C15H37NO2Si2/c1-9-10-12-16(20(7,8)15(2,3)4)13-11-14-19(17-5)18-6/h19H,9-14H2,1-8H3. The van der Waals surface area contributed by atoms with E-state index in [9.17, 15) is 0 Å². The van der Waals surface area contributed by atoms with Gasteiger partial charge in [0, 0.05) is 14.2 Å². The van der Waals surface area contributed by atoms with Crippen LogP contribution in [0.2, 0.25) is 24.2 Å². The fraction of sp³-hybridized carbons (Fsp3) is 1.00. The van der Waals surface area contributed by atoms with E-state index in [4.69, 9.17) is 8.85 Å². The van der Waals surface area contributed by atoms with Gasteiger partial charge in [-0.2, -0.15) is 0 Å². The van der Waals surface area contributed by atoms with E-state index < -0.39 is 17.5 Å². The largest absolute Gasteiger partial charge is 0.400 e. The molecule has 0 fully saturated rings. The number of nitrogens with zero attached hydrogens (tertiary/aromatic N) is 1. The van der Waals surface area contributed by atoms with Crippen LogP contribution in [-0.2, 0) is 8.85 Å². The Morgan fingerprint density at radius 1 is 1.00 bits per heavy atom. The molecule has 0 amide bonds. The molecule has 0 saturated carbocycles. The average molecular weight is 320 g/mol. The van der Waals surface area contributed by atoms with Gasteiger partial charge in [0.15, 0.2) is 0 Å². The van der Waals surface area contributed by atoms with E-state index in [-0.39, 0.29) is 0 Å². The molecular formula is C15H37NO2Si2. The lowest BCUT2D eigenvalue weighted by atomic mass is 10.2. The molecule has 0 atom stereocenters. The van der Waals surface area contributed by atoms with E-state index in [0.29, 0.717) is 5.04 Å². The van der Waals surface area contributed by atoms with Gasteiger partial charge in [0.1, 0.15) is 8.24 Å². The maximum absolute atomic E-state index is 5.42. The molecule has 0 N–H and O–H groups in total. The summed E-state index contributed by atoms with van der Waals surface area (Å²) in [5.41, 5.74) is 0. The minimum Gasteiger partial charge on any atom is -0.400 e. The Balaban J connectivity index is 4.57. The Labute approximate surface area is 130 Å². The molecular weight excluding hydrogens is 282 g/mol. The molecule has 0 aromatic rings. The zero-order valence-corrected chi connectivity index (χ0v) is 17.2. The van der Waals surface area contributed by atoms with Gasteiger partial charge in [-0.3, -0.25) is 0 Å². The first-order chi connectivity index (χ1) is 9.20. The van der Waals surface area contributed by atoms with Crippen molar-refractivity contribution in [1.29, 1.82) is 0 Å². The lowest BCUT2D eigenvalue weighted by Crippen LogP contribution is -2.55. The Hall–Kier alpha value is 0.314. The second-order valence-electron chi connectivity index (χ2n) is 7.19. The predicted octanol–water partition coefficient (Wildman–Crippen LogP) is 4.00. The van der Waals surface area contributed by atoms with Gasteiger partial charge in [-0.1, -0.05) is 47.2 Å². The van der Waals surface area contributed by atoms with Crippen LogP contribution in [0.4, 0.5) is 0 Å². The summed E-state index contributed by atoms with van der Waals surface area (Å²) in [6.07, 6.45) is 3.79. The Kier molecular flexibility index (Phi) is 9.50. The molecule has 0 rings (SSSR count). The molecule has 0 unspecified atom stereocenters. The summed E-state index contributed by atoms with van der Waals surface area (Å²) in [6, 6.07) is 1.12. The molecule has 0 heterocycles. The highest BCUT2D eigenvalue weighted by Crippen LogP contribution is 2.38. The average Bonchev–Trinajstić information content (AvgIpc) is 2.36. The highest BCUT2D eigenvalue weighted by atomic mass is 28.3. The molecule has 0 aliphatic carbocycles. The first-order valence-electron chi connectivity index (χ1n) is 8.01. The number of rotatable bonds is 10. The van der Waals surface area contributed by atoms with Crippen molar-refractivity contribution in [3.63, 3.8) is 0 Å². The molecule has 122 valence electrons. The van der Waals surface area contributed by atoms with Crippen LogP contribution in [0.15, 0.2) is 0 Å². The Bertz CT molecular complexity index is 251. The van der Waals surface area contributed by atoms with Gasteiger partial charge in [-0.05, 0) is 37.0 Å². The monoisotopic (exact) mass is 319 g/mol. The highest BCUT2D eigenvalue weighted by Gasteiger charge is 2.40. The van der Waals surface area contributed by atoms with Gasteiger partial charge in [-0.15, -0.1) is 0 Å². The SMILES string of the molecule is CCCCN(CCC[SiH](OC)OC)[Si](C)(C)C(C)(C)C. The van der Waals surface area contributed by atoms with Gasteiger partial charge < -0.3 is 13.4 Å². The summed E-state index contributed by atoms with van der Waals surface area (Å²) in [7, 11) is 0.779. The van der Waals surface area contributed by atoms with Crippen LogP contribution in [0, 0.1) is 0 Å². The molecule has 0 radical (unpaired) electrons. The van der Waals surface area contributed by atoms with Crippen molar-refractivity contribution >= 4 is 17.5 Å². The molecule has 0 aliphatic heterocycles. The third kappa shape index (κ3) is 6.39. The minimum absolute atomic E-state index is 0.417. The highest BCUT2D eigenvalue weighted by molar-refractivity contribution is 6.77. The second kappa shape index (κ2) is 9.36. The third-order valence-electron chi connectivity index (χ3n) is 4.80. The number of hydrogen-bond acceptors (Lipinski definition) is 3. The van der Waals surface area contributed by atoms with E-state index in [2.05, 4.69) is 45.4 Å². The Morgan fingerprint density at radius 2 is 1.50 bits per heavy atom. The first kappa shape index (κ1) is 20.3. The number of hydrogen-bond donors (Lipinski definition) is 0. The third-order valence-corrected chi connectivity index (χ3v) is 12.4. The zero-order chi connectivity index (χ0) is 15.8. The quantitative estimate of drug-likeness (QED) is 0.568. The maximum Gasteiger partial charge on any atom is 0.320 e. The molecule has 0 aromatic carbocycles. The van der Waals surface area contributed by atoms with Crippen molar-refractivity contribution in [1.82, 2.24) is 4.57 Å². The summed E-state index contributed by atoms with van der Waals surface area (Å²) in [5, 5.41) is 0.417. The van der Waals surface area contributed by atoms with Gasteiger partial charge >= 0.3 is 9.28 Å². The van der Waals surface area contributed by atoms with E-state index in [1.165, 1.54) is 32.4 Å². The van der Waals surface area contributed by atoms with E-state index in [1.807, 2.05) is 0 Å². The van der Waals surface area contributed by atoms with E-state index >= 15 is 0 Å². The molecule has 3 nitrogen and oxygen atoms in total. The first-order valence-corrected chi connectivity index (χ1v) is 12.7. The van der Waals surface area contributed by atoms with Crippen LogP contribution in [0.25, 0.3) is 0 Å². The fourth-order valence-corrected chi connectivity index (χ4v) is 5.84. The molecule has 20 heavy (non-hydrogen) atoms. The molecule has 0 aromatic heterocycles. The minimum atomic E-state index is -1.40. The van der Waals surface area contributed by atoms with Crippen LogP contribution in [0.1, 0.15) is 47.0 Å². The molecule has 0 bridgehead atoms. The summed E-state index contributed by atoms with van der Waals surface area (Å²) in [4.78, 5) is 0. The lowest BCUT2D eigenvalue weighted by Gasteiger charge is -2.46. The van der Waals surface area contributed by atoms with Crippen molar-refractivity contribution < 1.29 is 8.85 Å². The summed E-state index contributed by atoms with van der Waals surface area (Å²) >= 11 is 0. The van der Waals surface area contributed by atoms with Crippen molar-refractivity contribution in [2.24, 2.45) is 0 Å². The molecule has 5 heteroatoms. The zero-order valence-electron chi connectivity index (χ0n) is 15.1. The normalized spacial score (nSPS) is 13.5. The Morgan fingerprint density at radius 3 is 1.90 bits per heavy atom. The van der Waals surface area contributed by atoms with Gasteiger partial charge in [-0.25, -0.2) is 0 Å². The summed E-state index contributed by atoms with van der Waals surface area (Å²) in [5.74, 6) is 0. The molecule has 0 spiro atoms. The fourth-order valence-electron chi connectivity index (χ4n) is 2.27. The van der Waals surface area contributed by atoms with Crippen LogP contribution in [-0.4, -0.2) is 49.4 Å². The van der Waals surface area contributed by atoms with Crippen LogP contribution >= 0.6 is 0 Å². The van der Waals surface area contributed by atoms with Gasteiger partial charge in [0.25, 0.3) is 0 Å². The number of unbranched alkanes of at least 4 members (excludes halogenated alkanes) is 1. The summed E-state index contributed by atoms with van der Waals surface area (Å²) < 4.78 is 13.6. The maximum atomic E-state index is 5.42. The van der Waals surface area contributed by atoms with Crippen molar-refractivity contribution in [2.75, 3.05) is 27.3 Å². The predicted molar refractivity (Wildman–Crippen MR) is 94.3 cm³/mol. The van der Waals surface area contributed by atoms with Crippen molar-refractivity contribution in [3.8, 4) is 0 Å². The van der Waals surface area contributed by atoms with Crippen LogP contribution < -0.4 is 0 Å². The topological polar surface area (TPSA) is 21.7 Å². The van der Waals surface area contributed by atoms with E-state index in [0.717, 1.165) is 6.04 Å². The van der Waals surface area contributed by atoms with Crippen LogP contribution in [0.3, 0.4) is 0 Å². The lowest BCUT2D eigenvalue weighted by molar-refractivity contribution is 0.274. The van der Waals surface area contributed by atoms with Gasteiger partial charge in [0.2, 0.25) is 0 Å². The second-order valence-corrected chi connectivity index (χ2v) is 14.8. The van der Waals surface area contributed by atoms with Crippen molar-refractivity contribution in [2.45, 2.75) is 71.1 Å².